The van der Waals surface area contributed by atoms with Gasteiger partial charge in [0.1, 0.15) is 0 Å². The Morgan fingerprint density at radius 1 is 1.42 bits per heavy atom. The highest BCUT2D eigenvalue weighted by Crippen LogP contribution is 2.06. The molecule has 0 saturated carbocycles. The van der Waals surface area contributed by atoms with Gasteiger partial charge in [0.05, 0.1) is 0 Å². The highest BCUT2D eigenvalue weighted by atomic mass is 15.2. The number of nitrogens with zero attached hydrogens (tertiary/aromatic N) is 1. The Bertz CT molecular complexity index is 175. The molecule has 1 nitrogen and oxygen atoms in total. The summed E-state index contributed by atoms with van der Waals surface area (Å²) in [5.41, 5.74) is 1.36. The zero-order valence-electron chi connectivity index (χ0n) is 8.21. The van der Waals surface area contributed by atoms with Crippen LogP contribution in [-0.4, -0.2) is 24.5 Å². The van der Waals surface area contributed by atoms with Crippen molar-refractivity contribution in [1.82, 2.24) is 4.90 Å². The van der Waals surface area contributed by atoms with Gasteiger partial charge in [-0.05, 0) is 39.8 Å². The molecule has 0 aromatic carbocycles. The highest BCUT2D eigenvalue weighted by Gasteiger charge is 2.10. The Morgan fingerprint density at radius 2 is 2.17 bits per heavy atom. The van der Waals surface area contributed by atoms with Crippen molar-refractivity contribution in [2.75, 3.05) is 19.6 Å². The van der Waals surface area contributed by atoms with E-state index in [0.717, 1.165) is 0 Å². The van der Waals surface area contributed by atoms with E-state index in [-0.39, 0.29) is 0 Å². The van der Waals surface area contributed by atoms with E-state index in [4.69, 9.17) is 0 Å². The Morgan fingerprint density at radius 3 is 2.67 bits per heavy atom. The molecule has 0 radical (unpaired) electrons. The second-order valence-corrected chi connectivity index (χ2v) is 3.42. The van der Waals surface area contributed by atoms with Gasteiger partial charge >= 0.3 is 0 Å². The summed E-state index contributed by atoms with van der Waals surface area (Å²) in [6, 6.07) is 0. The van der Waals surface area contributed by atoms with E-state index >= 15 is 0 Å². The van der Waals surface area contributed by atoms with Crippen molar-refractivity contribution in [2.45, 2.75) is 26.7 Å². The minimum absolute atomic E-state index is 1.20. The summed E-state index contributed by atoms with van der Waals surface area (Å²) in [5.74, 6) is 0. The molecule has 0 amide bonds. The molecule has 0 aromatic heterocycles. The van der Waals surface area contributed by atoms with Crippen LogP contribution < -0.4 is 0 Å². The highest BCUT2D eigenvalue weighted by molar-refractivity contribution is 5.14. The van der Waals surface area contributed by atoms with E-state index in [9.17, 15) is 0 Å². The van der Waals surface area contributed by atoms with Crippen molar-refractivity contribution in [2.24, 2.45) is 0 Å². The molecule has 1 heterocycles. The summed E-state index contributed by atoms with van der Waals surface area (Å²) in [4.78, 5) is 2.50. The molecule has 1 saturated heterocycles. The van der Waals surface area contributed by atoms with E-state index in [2.05, 4.69) is 37.0 Å². The van der Waals surface area contributed by atoms with E-state index in [1.807, 2.05) is 0 Å². The van der Waals surface area contributed by atoms with Crippen LogP contribution in [0.25, 0.3) is 0 Å². The molecule has 0 atom stereocenters. The molecule has 1 rings (SSSR count). The van der Waals surface area contributed by atoms with Gasteiger partial charge in [-0.15, -0.1) is 0 Å². The van der Waals surface area contributed by atoms with Crippen molar-refractivity contribution < 1.29 is 0 Å². The normalized spacial score (nSPS) is 20.0. The van der Waals surface area contributed by atoms with Gasteiger partial charge in [0.2, 0.25) is 0 Å². The number of likely N-dealkylation sites (tertiary alicyclic amines) is 1. The number of hydrogen-bond donors (Lipinski definition) is 0. The second-order valence-electron chi connectivity index (χ2n) is 3.42. The average Bonchev–Trinajstić information content (AvgIpc) is 2.00. The zero-order valence-corrected chi connectivity index (χ0v) is 8.21. The molecule has 0 aliphatic carbocycles. The van der Waals surface area contributed by atoms with E-state index in [1.165, 1.54) is 38.0 Å². The first-order valence-electron chi connectivity index (χ1n) is 4.84. The molecule has 0 spiro atoms. The Labute approximate surface area is 75.8 Å². The van der Waals surface area contributed by atoms with Gasteiger partial charge in [0.25, 0.3) is 0 Å². The predicted molar refractivity (Wildman–Crippen MR) is 54.2 cm³/mol. The smallest absolute Gasteiger partial charge is 0.00160 e. The van der Waals surface area contributed by atoms with Gasteiger partial charge in [-0.3, -0.25) is 0 Å². The maximum absolute atomic E-state index is 2.50. The molecule has 0 aromatic rings. The lowest BCUT2D eigenvalue weighted by atomic mass is 10.2. The summed E-state index contributed by atoms with van der Waals surface area (Å²) < 4.78 is 0. The largest absolute Gasteiger partial charge is 0.303 e. The lowest BCUT2D eigenvalue weighted by Gasteiger charge is -2.30. The number of rotatable bonds is 4. The van der Waals surface area contributed by atoms with Gasteiger partial charge in [-0.2, -0.15) is 0 Å². The second kappa shape index (κ2) is 5.15. The van der Waals surface area contributed by atoms with E-state index < -0.39 is 0 Å². The summed E-state index contributed by atoms with van der Waals surface area (Å²) >= 11 is 0. The SMILES string of the molecule is CC=C(C)C=CCCN1CCC1. The number of hydrogen-bond acceptors (Lipinski definition) is 1. The average molecular weight is 165 g/mol. The molecule has 1 heteroatoms. The first-order valence-corrected chi connectivity index (χ1v) is 4.84. The van der Waals surface area contributed by atoms with Gasteiger partial charge in [-0.25, -0.2) is 0 Å². The van der Waals surface area contributed by atoms with Crippen LogP contribution in [-0.2, 0) is 0 Å². The first kappa shape index (κ1) is 9.53. The van der Waals surface area contributed by atoms with Crippen LogP contribution in [0, 0.1) is 0 Å². The summed E-state index contributed by atoms with van der Waals surface area (Å²) in [6.45, 7) is 8.09. The predicted octanol–water partition coefficient (Wildman–Crippen LogP) is 2.60. The van der Waals surface area contributed by atoms with E-state index in [1.54, 1.807) is 0 Å². The lowest BCUT2D eigenvalue weighted by Crippen LogP contribution is -2.37. The topological polar surface area (TPSA) is 3.24 Å². The third-order valence-corrected chi connectivity index (χ3v) is 2.40. The van der Waals surface area contributed by atoms with Gasteiger partial charge in [-0.1, -0.05) is 23.8 Å². The van der Waals surface area contributed by atoms with Gasteiger partial charge in [0.15, 0.2) is 0 Å². The maximum atomic E-state index is 2.50. The van der Waals surface area contributed by atoms with Crippen molar-refractivity contribution in [3.05, 3.63) is 23.8 Å². The van der Waals surface area contributed by atoms with Crippen molar-refractivity contribution in [3.8, 4) is 0 Å². The lowest BCUT2D eigenvalue weighted by molar-refractivity contribution is 0.185. The van der Waals surface area contributed by atoms with Gasteiger partial charge < -0.3 is 4.90 Å². The van der Waals surface area contributed by atoms with Crippen molar-refractivity contribution in [3.63, 3.8) is 0 Å². The molecule has 68 valence electrons. The minimum Gasteiger partial charge on any atom is -0.303 e. The molecule has 0 bridgehead atoms. The molecule has 12 heavy (non-hydrogen) atoms. The van der Waals surface area contributed by atoms with Crippen LogP contribution in [0.2, 0.25) is 0 Å². The fraction of sp³-hybridized carbons (Fsp3) is 0.636. The molecule has 0 unspecified atom stereocenters. The van der Waals surface area contributed by atoms with Crippen LogP contribution in [0.3, 0.4) is 0 Å². The van der Waals surface area contributed by atoms with Gasteiger partial charge in [0, 0.05) is 6.54 Å². The quantitative estimate of drug-likeness (QED) is 0.579. The fourth-order valence-corrected chi connectivity index (χ4v) is 1.23. The van der Waals surface area contributed by atoms with Crippen LogP contribution >= 0.6 is 0 Å². The monoisotopic (exact) mass is 165 g/mol. The molecule has 0 N–H and O–H groups in total. The van der Waals surface area contributed by atoms with Crippen LogP contribution in [0.1, 0.15) is 26.7 Å². The summed E-state index contributed by atoms with van der Waals surface area (Å²) in [7, 11) is 0. The Hall–Kier alpha value is -0.560. The van der Waals surface area contributed by atoms with E-state index in [0.29, 0.717) is 0 Å². The minimum atomic E-state index is 1.20. The number of allylic oxidation sites excluding steroid dienone is 3. The third-order valence-electron chi connectivity index (χ3n) is 2.40. The Kier molecular flexibility index (Phi) is 4.09. The van der Waals surface area contributed by atoms with Crippen LogP contribution in [0.5, 0.6) is 0 Å². The molecular weight excluding hydrogens is 146 g/mol. The van der Waals surface area contributed by atoms with Crippen LogP contribution in [0.4, 0.5) is 0 Å². The standard InChI is InChI=1S/C11H19N/c1-3-11(2)7-4-5-8-12-9-6-10-12/h3-4,7H,5-6,8-10H2,1-2H3. The third kappa shape index (κ3) is 3.22. The molecule has 1 aliphatic heterocycles. The molecule has 1 aliphatic rings. The zero-order chi connectivity index (χ0) is 8.81. The van der Waals surface area contributed by atoms with Crippen LogP contribution in [0.15, 0.2) is 23.8 Å². The molecule has 1 fully saturated rings. The van der Waals surface area contributed by atoms with Crippen molar-refractivity contribution >= 4 is 0 Å². The maximum Gasteiger partial charge on any atom is 0.00160 e. The van der Waals surface area contributed by atoms with Crippen molar-refractivity contribution in [1.29, 1.82) is 0 Å². The fourth-order valence-electron chi connectivity index (χ4n) is 1.23. The Balaban J connectivity index is 2.04. The summed E-state index contributed by atoms with van der Waals surface area (Å²) in [5, 5.41) is 0. The first-order chi connectivity index (χ1) is 5.83. The molecular formula is C11H19N. The summed E-state index contributed by atoms with van der Waals surface area (Å²) in [6.07, 6.45) is 9.22.